The molecule has 0 spiro atoms. The molecule has 0 aliphatic carbocycles. The maximum absolute atomic E-state index is 12.5. The Balaban J connectivity index is 1.32. The summed E-state index contributed by atoms with van der Waals surface area (Å²) in [6, 6.07) is 26.5. The molecule has 4 aromatic rings. The molecule has 3 aromatic carbocycles. The number of nitrogens with one attached hydrogen (secondary N) is 2. The molecule has 0 saturated carbocycles. The molecule has 2 amide bonds. The molecule has 0 unspecified atom stereocenters. The van der Waals surface area contributed by atoms with Crippen molar-refractivity contribution in [2.45, 2.75) is 43.8 Å². The Labute approximate surface area is 249 Å². The molecule has 9 heteroatoms. The Kier molecular flexibility index (Phi) is 9.66. The minimum Gasteiger partial charge on any atom is -0.392 e. The van der Waals surface area contributed by atoms with Gasteiger partial charge in [0.2, 0.25) is 5.91 Å². The largest absolute Gasteiger partial charge is 0.392 e. The summed E-state index contributed by atoms with van der Waals surface area (Å²) in [5, 5.41) is 15.2. The number of ether oxygens (including phenoxy) is 2. The molecule has 4 atom stereocenters. The number of pyridine rings is 1. The molecule has 3 N–H and O–H groups in total. The number of carbonyl (C=O) groups excluding carboxylic acids is 2. The van der Waals surface area contributed by atoms with Crippen LogP contribution >= 0.6 is 11.8 Å². The Hall–Kier alpha value is -4.02. The predicted molar refractivity (Wildman–Crippen MR) is 163 cm³/mol. The first-order valence-electron chi connectivity index (χ1n) is 13.7. The topological polar surface area (TPSA) is 110 Å². The minimum atomic E-state index is -0.612. The number of nitrogens with zero attached hydrogens (tertiary/aromatic N) is 1. The maximum Gasteiger partial charge on any atom is 0.257 e. The summed E-state index contributed by atoms with van der Waals surface area (Å²) in [5.41, 5.74) is 4.59. The van der Waals surface area contributed by atoms with Crippen LogP contribution in [0.1, 0.15) is 53.3 Å². The maximum atomic E-state index is 12.5. The Morgan fingerprint density at radius 3 is 2.19 bits per heavy atom. The van der Waals surface area contributed by atoms with Crippen LogP contribution in [0.15, 0.2) is 102 Å². The van der Waals surface area contributed by atoms with Crippen LogP contribution in [-0.4, -0.2) is 33.8 Å². The van der Waals surface area contributed by atoms with Crippen LogP contribution in [0.5, 0.6) is 0 Å². The number of anilines is 2. The van der Waals surface area contributed by atoms with Crippen LogP contribution in [0, 0.1) is 5.92 Å². The lowest BCUT2D eigenvalue weighted by atomic mass is 9.91. The van der Waals surface area contributed by atoms with Crippen LogP contribution < -0.4 is 10.6 Å². The Bertz CT molecular complexity index is 1480. The highest BCUT2D eigenvalue weighted by atomic mass is 32.2. The third-order valence-corrected chi connectivity index (χ3v) is 8.18. The van der Waals surface area contributed by atoms with Crippen molar-refractivity contribution in [1.82, 2.24) is 4.98 Å². The van der Waals surface area contributed by atoms with E-state index in [0.717, 1.165) is 27.3 Å². The van der Waals surface area contributed by atoms with E-state index in [4.69, 9.17) is 9.47 Å². The Morgan fingerprint density at radius 1 is 0.881 bits per heavy atom. The van der Waals surface area contributed by atoms with Crippen molar-refractivity contribution in [2.24, 2.45) is 5.92 Å². The molecular weight excluding hydrogens is 550 g/mol. The summed E-state index contributed by atoms with van der Waals surface area (Å²) in [4.78, 5) is 29.0. The molecule has 8 nitrogen and oxygen atoms in total. The van der Waals surface area contributed by atoms with Crippen LogP contribution in [0.4, 0.5) is 11.4 Å². The first-order valence-corrected chi connectivity index (χ1v) is 14.7. The van der Waals surface area contributed by atoms with Gasteiger partial charge in [0.1, 0.15) is 0 Å². The second-order valence-electron chi connectivity index (χ2n) is 10.2. The zero-order valence-corrected chi connectivity index (χ0v) is 24.2. The van der Waals surface area contributed by atoms with E-state index in [1.165, 1.54) is 13.1 Å². The van der Waals surface area contributed by atoms with Gasteiger partial charge in [-0.2, -0.15) is 0 Å². The van der Waals surface area contributed by atoms with E-state index in [9.17, 15) is 14.7 Å². The van der Waals surface area contributed by atoms with E-state index in [-0.39, 0.29) is 36.5 Å². The van der Waals surface area contributed by atoms with E-state index in [2.05, 4.69) is 22.5 Å². The summed E-state index contributed by atoms with van der Waals surface area (Å²) in [6.45, 7) is 3.60. The highest BCUT2D eigenvalue weighted by Gasteiger charge is 2.38. The molecule has 42 heavy (non-hydrogen) atoms. The normalized spacial score (nSPS) is 20.1. The number of rotatable bonds is 9. The molecule has 0 radical (unpaired) electrons. The zero-order chi connectivity index (χ0) is 29.5. The van der Waals surface area contributed by atoms with Gasteiger partial charge in [-0.15, -0.1) is 11.8 Å². The van der Waals surface area contributed by atoms with E-state index in [1.807, 2.05) is 72.8 Å². The van der Waals surface area contributed by atoms with Crippen molar-refractivity contribution in [1.29, 1.82) is 0 Å². The van der Waals surface area contributed by atoms with Crippen LogP contribution in [0.2, 0.25) is 0 Å². The molecule has 5 rings (SSSR count). The molecule has 1 aromatic heterocycles. The molecule has 2 heterocycles. The number of amides is 2. The van der Waals surface area contributed by atoms with Crippen molar-refractivity contribution in [3.63, 3.8) is 0 Å². The van der Waals surface area contributed by atoms with Gasteiger partial charge in [-0.1, -0.05) is 43.3 Å². The lowest BCUT2D eigenvalue weighted by Gasteiger charge is -2.41. The smallest absolute Gasteiger partial charge is 0.257 e. The number of thioether (sulfide) groups is 1. The van der Waals surface area contributed by atoms with Crippen LogP contribution in [0.3, 0.4) is 0 Å². The average molecular weight is 584 g/mol. The predicted octanol–water partition coefficient (Wildman–Crippen LogP) is 6.37. The van der Waals surface area contributed by atoms with Gasteiger partial charge in [0.15, 0.2) is 6.29 Å². The highest BCUT2D eigenvalue weighted by molar-refractivity contribution is 7.99. The second-order valence-corrected chi connectivity index (χ2v) is 11.2. The number of benzene rings is 3. The lowest BCUT2D eigenvalue weighted by molar-refractivity contribution is -0.268. The van der Waals surface area contributed by atoms with Gasteiger partial charge >= 0.3 is 0 Å². The van der Waals surface area contributed by atoms with Crippen molar-refractivity contribution >= 4 is 35.0 Å². The standard InChI is InChI=1S/C33H33N3O5S/c1-21-30(20-42-29-15-13-27(14-16-29)35-22(2)38)40-33(41-31(21)24-7-5-23(19-37)6-8-24)25-9-11-28(12-10-25)36-32(39)26-4-3-17-34-18-26/h3-18,21,30-31,33,37H,19-20H2,1-2H3,(H,35,38)(H,36,39)/t21-,30+,31+,33+/m1/s1. The fourth-order valence-electron chi connectivity index (χ4n) is 4.75. The van der Waals surface area contributed by atoms with Gasteiger partial charge in [0.05, 0.1) is 24.4 Å². The minimum absolute atomic E-state index is 0.0171. The average Bonchev–Trinajstić information content (AvgIpc) is 3.02. The Morgan fingerprint density at radius 2 is 1.55 bits per heavy atom. The molecule has 0 bridgehead atoms. The lowest BCUT2D eigenvalue weighted by Crippen LogP contribution is -2.38. The van der Waals surface area contributed by atoms with Crippen molar-refractivity contribution in [3.05, 3.63) is 120 Å². The van der Waals surface area contributed by atoms with Crippen molar-refractivity contribution in [2.75, 3.05) is 16.4 Å². The molecule has 1 fully saturated rings. The van der Waals surface area contributed by atoms with Gasteiger partial charge < -0.3 is 25.2 Å². The summed E-state index contributed by atoms with van der Waals surface area (Å²) < 4.78 is 13.1. The van der Waals surface area contributed by atoms with E-state index >= 15 is 0 Å². The van der Waals surface area contributed by atoms with Crippen LogP contribution in [-0.2, 0) is 20.9 Å². The molecule has 1 aliphatic rings. The van der Waals surface area contributed by atoms with Gasteiger partial charge in [0, 0.05) is 52.8 Å². The monoisotopic (exact) mass is 583 g/mol. The number of hydrogen-bond donors (Lipinski definition) is 3. The quantitative estimate of drug-likeness (QED) is 0.197. The summed E-state index contributed by atoms with van der Waals surface area (Å²) in [7, 11) is 0. The van der Waals surface area contributed by atoms with Crippen LogP contribution in [0.25, 0.3) is 0 Å². The second kappa shape index (κ2) is 13.8. The number of hydrogen-bond acceptors (Lipinski definition) is 7. The molecule has 1 saturated heterocycles. The summed E-state index contributed by atoms with van der Waals surface area (Å²) in [5.74, 6) is 0.409. The molecule has 1 aliphatic heterocycles. The van der Waals surface area contributed by atoms with Gasteiger partial charge in [-0.3, -0.25) is 14.6 Å². The third kappa shape index (κ3) is 7.43. The van der Waals surface area contributed by atoms with E-state index in [1.54, 1.807) is 30.1 Å². The molecular formula is C33H33N3O5S. The third-order valence-electron chi connectivity index (χ3n) is 7.08. The summed E-state index contributed by atoms with van der Waals surface area (Å²) in [6.07, 6.45) is 2.18. The fourth-order valence-corrected chi connectivity index (χ4v) is 5.82. The van der Waals surface area contributed by atoms with Gasteiger partial charge in [-0.05, 0) is 59.7 Å². The SMILES string of the molecule is CC(=O)Nc1ccc(SC[C@@H]2O[C@H](c3ccc(NC(=O)c4cccnc4)cc3)O[C@H](c3ccc(CO)cc3)[C@@H]2C)cc1. The van der Waals surface area contributed by atoms with E-state index in [0.29, 0.717) is 17.0 Å². The fraction of sp³-hybridized carbons (Fsp3) is 0.242. The first-order chi connectivity index (χ1) is 20.4. The number of carbonyl (C=O) groups is 2. The van der Waals surface area contributed by atoms with Gasteiger partial charge in [-0.25, -0.2) is 0 Å². The molecule has 216 valence electrons. The highest BCUT2D eigenvalue weighted by Crippen LogP contribution is 2.43. The number of aromatic nitrogens is 1. The number of aliphatic hydroxyl groups is 1. The van der Waals surface area contributed by atoms with E-state index < -0.39 is 6.29 Å². The first kappa shape index (κ1) is 29.5. The van der Waals surface area contributed by atoms with Crippen molar-refractivity contribution < 1.29 is 24.2 Å². The van der Waals surface area contributed by atoms with Gasteiger partial charge in [0.25, 0.3) is 5.91 Å². The van der Waals surface area contributed by atoms with Crippen molar-refractivity contribution in [3.8, 4) is 0 Å². The summed E-state index contributed by atoms with van der Waals surface area (Å²) >= 11 is 1.69. The zero-order valence-electron chi connectivity index (χ0n) is 23.4. The number of aliphatic hydroxyl groups excluding tert-OH is 1.